The van der Waals surface area contributed by atoms with E-state index in [1.807, 2.05) is 17.0 Å². The number of sulfonamides is 1. The molecule has 1 heterocycles. The largest absolute Gasteiger partial charge is 0.326 e. The molecule has 0 fully saturated rings. The zero-order valence-corrected chi connectivity index (χ0v) is 16.2. The summed E-state index contributed by atoms with van der Waals surface area (Å²) in [6.07, 6.45) is 0.819. The number of aliphatic imine (C=N–C) groups is 1. The van der Waals surface area contributed by atoms with Crippen molar-refractivity contribution in [3.63, 3.8) is 0 Å². The van der Waals surface area contributed by atoms with E-state index in [9.17, 15) is 13.2 Å². The lowest BCUT2D eigenvalue weighted by atomic mass is 10.2. The second-order valence-electron chi connectivity index (χ2n) is 6.00. The molecule has 0 unspecified atom stereocenters. The van der Waals surface area contributed by atoms with Crippen molar-refractivity contribution in [3.8, 4) is 0 Å². The number of carbonyl (C=O) groups excluding carboxylic acids is 1. The number of guanidine groups is 1. The summed E-state index contributed by atoms with van der Waals surface area (Å²) in [5, 5.41) is 3.21. The Balaban J connectivity index is 1.81. The smallest absolute Gasteiger partial charge is 0.264 e. The van der Waals surface area contributed by atoms with Crippen molar-refractivity contribution >= 4 is 44.9 Å². The van der Waals surface area contributed by atoms with Crippen molar-refractivity contribution in [2.24, 2.45) is 4.99 Å². The van der Waals surface area contributed by atoms with Crippen molar-refractivity contribution in [2.75, 3.05) is 23.3 Å². The monoisotopic (exact) mass is 406 g/mol. The molecule has 27 heavy (non-hydrogen) atoms. The lowest BCUT2D eigenvalue weighted by Gasteiger charge is -2.29. The van der Waals surface area contributed by atoms with E-state index in [1.165, 1.54) is 31.2 Å². The zero-order chi connectivity index (χ0) is 19.4. The summed E-state index contributed by atoms with van der Waals surface area (Å²) in [6.45, 7) is 2.58. The maximum atomic E-state index is 12.7. The summed E-state index contributed by atoms with van der Waals surface area (Å²) < 4.78 is 28.0. The summed E-state index contributed by atoms with van der Waals surface area (Å²) in [5.41, 5.74) is 1.33. The molecule has 0 radical (unpaired) electrons. The maximum absolute atomic E-state index is 12.7. The highest BCUT2D eigenvalue weighted by atomic mass is 35.5. The third-order valence-corrected chi connectivity index (χ3v) is 5.50. The molecule has 1 amide bonds. The van der Waals surface area contributed by atoms with Crippen molar-refractivity contribution in [1.29, 1.82) is 0 Å². The number of hydrogen-bond acceptors (Lipinski definition) is 5. The second-order valence-corrected chi connectivity index (χ2v) is 8.12. The van der Waals surface area contributed by atoms with Gasteiger partial charge in [0.1, 0.15) is 0 Å². The van der Waals surface area contributed by atoms with Gasteiger partial charge in [0.2, 0.25) is 11.9 Å². The first-order valence-electron chi connectivity index (χ1n) is 8.33. The number of carbonyl (C=O) groups is 1. The Labute approximate surface area is 163 Å². The number of rotatable bonds is 4. The van der Waals surface area contributed by atoms with Crippen LogP contribution in [0.25, 0.3) is 0 Å². The fraction of sp³-hybridized carbons (Fsp3) is 0.222. The lowest BCUT2D eigenvalue weighted by molar-refractivity contribution is -0.114. The number of anilines is 2. The average molecular weight is 407 g/mol. The molecule has 2 aromatic rings. The lowest BCUT2D eigenvalue weighted by Crippen LogP contribution is -2.47. The second kappa shape index (κ2) is 7.98. The van der Waals surface area contributed by atoms with Crippen LogP contribution in [0.3, 0.4) is 0 Å². The Morgan fingerprint density at radius 3 is 2.41 bits per heavy atom. The number of amides is 1. The predicted octanol–water partition coefficient (Wildman–Crippen LogP) is 2.84. The molecule has 1 aliphatic heterocycles. The number of benzene rings is 2. The van der Waals surface area contributed by atoms with Gasteiger partial charge in [-0.3, -0.25) is 9.79 Å². The van der Waals surface area contributed by atoms with Gasteiger partial charge in [0.25, 0.3) is 10.0 Å². The fourth-order valence-electron chi connectivity index (χ4n) is 2.66. The first-order chi connectivity index (χ1) is 12.8. The van der Waals surface area contributed by atoms with Gasteiger partial charge >= 0.3 is 0 Å². The van der Waals surface area contributed by atoms with E-state index in [1.54, 1.807) is 12.1 Å². The molecule has 1 aliphatic rings. The number of nitrogens with one attached hydrogen (secondary N) is 2. The van der Waals surface area contributed by atoms with Crippen LogP contribution >= 0.6 is 11.6 Å². The minimum Gasteiger partial charge on any atom is -0.326 e. The Hall–Kier alpha value is -2.58. The Morgan fingerprint density at radius 1 is 1.11 bits per heavy atom. The van der Waals surface area contributed by atoms with Gasteiger partial charge in [0.05, 0.1) is 4.90 Å². The summed E-state index contributed by atoms with van der Waals surface area (Å²) in [4.78, 5) is 17.3. The molecule has 2 N–H and O–H groups in total. The molecule has 0 aliphatic carbocycles. The summed E-state index contributed by atoms with van der Waals surface area (Å²) >= 11 is 5.93. The average Bonchev–Trinajstić information content (AvgIpc) is 2.63. The molecule has 0 spiro atoms. The van der Waals surface area contributed by atoms with Crippen LogP contribution in [0, 0.1) is 0 Å². The standard InChI is InChI=1S/C18H19ClN4O3S/c1-13(24)21-15-5-9-17(10-6-15)27(25,26)22-18-20-11-2-12-23(18)16-7-3-14(19)4-8-16/h3-10H,2,11-12H2,1H3,(H,20,22)(H,21,24). The summed E-state index contributed by atoms with van der Waals surface area (Å²) in [6, 6.07) is 13.1. The van der Waals surface area contributed by atoms with E-state index in [0.29, 0.717) is 23.8 Å². The van der Waals surface area contributed by atoms with Crippen LogP contribution in [0.2, 0.25) is 5.02 Å². The van der Waals surface area contributed by atoms with Gasteiger partial charge in [-0.25, -0.2) is 13.1 Å². The SMILES string of the molecule is CC(=O)Nc1ccc(S(=O)(=O)NC2=NCCCN2c2ccc(Cl)cc2)cc1. The van der Waals surface area contributed by atoms with Gasteiger partial charge in [0, 0.05) is 36.4 Å². The maximum Gasteiger partial charge on any atom is 0.264 e. The molecule has 2 aromatic carbocycles. The number of halogens is 1. The minimum atomic E-state index is -3.82. The highest BCUT2D eigenvalue weighted by Crippen LogP contribution is 2.21. The number of hydrogen-bond donors (Lipinski definition) is 2. The molecule has 7 nitrogen and oxygen atoms in total. The molecule has 0 aromatic heterocycles. The summed E-state index contributed by atoms with van der Waals surface area (Å²) in [7, 11) is -3.82. The molecule has 0 bridgehead atoms. The van der Waals surface area contributed by atoms with E-state index in [4.69, 9.17) is 11.6 Å². The van der Waals surface area contributed by atoms with Crippen LogP contribution in [0.1, 0.15) is 13.3 Å². The van der Waals surface area contributed by atoms with Gasteiger partial charge in [-0.15, -0.1) is 0 Å². The zero-order valence-electron chi connectivity index (χ0n) is 14.6. The normalized spacial score (nSPS) is 14.4. The molecule has 142 valence electrons. The molecule has 0 atom stereocenters. The highest BCUT2D eigenvalue weighted by molar-refractivity contribution is 7.90. The van der Waals surface area contributed by atoms with Crippen molar-refractivity contribution in [3.05, 3.63) is 53.6 Å². The molecule has 0 saturated heterocycles. The third-order valence-electron chi connectivity index (χ3n) is 3.91. The molecular weight excluding hydrogens is 388 g/mol. The molecular formula is C18H19ClN4O3S. The highest BCUT2D eigenvalue weighted by Gasteiger charge is 2.23. The van der Waals surface area contributed by atoms with Crippen LogP contribution in [0.5, 0.6) is 0 Å². The Kier molecular flexibility index (Phi) is 5.67. The first-order valence-corrected chi connectivity index (χ1v) is 10.2. The van der Waals surface area contributed by atoms with Gasteiger partial charge in [-0.05, 0) is 55.0 Å². The summed E-state index contributed by atoms with van der Waals surface area (Å²) in [5.74, 6) is 0.0495. The molecule has 0 saturated carbocycles. The van der Waals surface area contributed by atoms with E-state index >= 15 is 0 Å². The van der Waals surface area contributed by atoms with Gasteiger partial charge in [-0.1, -0.05) is 11.6 Å². The first kappa shape index (κ1) is 19.2. The Morgan fingerprint density at radius 2 is 1.78 bits per heavy atom. The third kappa shape index (κ3) is 4.78. The van der Waals surface area contributed by atoms with E-state index in [2.05, 4.69) is 15.0 Å². The molecule has 9 heteroatoms. The predicted molar refractivity (Wildman–Crippen MR) is 107 cm³/mol. The van der Waals surface area contributed by atoms with E-state index < -0.39 is 10.0 Å². The van der Waals surface area contributed by atoms with Crippen LogP contribution in [0.15, 0.2) is 58.4 Å². The van der Waals surface area contributed by atoms with Crippen molar-refractivity contribution in [1.82, 2.24) is 4.72 Å². The van der Waals surface area contributed by atoms with Crippen LogP contribution in [0.4, 0.5) is 11.4 Å². The van der Waals surface area contributed by atoms with Crippen molar-refractivity contribution in [2.45, 2.75) is 18.2 Å². The van der Waals surface area contributed by atoms with Gasteiger partial charge < -0.3 is 10.2 Å². The van der Waals surface area contributed by atoms with Crippen molar-refractivity contribution < 1.29 is 13.2 Å². The van der Waals surface area contributed by atoms with E-state index in [0.717, 1.165) is 12.1 Å². The fourth-order valence-corrected chi connectivity index (χ4v) is 3.82. The van der Waals surface area contributed by atoms with Crippen LogP contribution < -0.4 is 14.9 Å². The minimum absolute atomic E-state index is 0.0842. The van der Waals surface area contributed by atoms with Crippen LogP contribution in [-0.4, -0.2) is 33.4 Å². The molecule has 3 rings (SSSR count). The number of nitrogens with zero attached hydrogens (tertiary/aromatic N) is 2. The van der Waals surface area contributed by atoms with Gasteiger partial charge in [0.15, 0.2) is 0 Å². The quantitative estimate of drug-likeness (QED) is 0.816. The van der Waals surface area contributed by atoms with Gasteiger partial charge in [-0.2, -0.15) is 0 Å². The van der Waals surface area contributed by atoms with E-state index in [-0.39, 0.29) is 16.8 Å². The van der Waals surface area contributed by atoms with Crippen LogP contribution in [-0.2, 0) is 14.8 Å². The topological polar surface area (TPSA) is 90.9 Å². The Bertz CT molecular complexity index is 957.